The predicted octanol–water partition coefficient (Wildman–Crippen LogP) is 3.57. The molecule has 2 aromatic rings. The van der Waals surface area contributed by atoms with Crippen molar-refractivity contribution < 1.29 is 19.1 Å². The van der Waals surface area contributed by atoms with Gasteiger partial charge in [-0.25, -0.2) is 0 Å². The Morgan fingerprint density at radius 2 is 1.87 bits per heavy atom. The number of carbonyl (C=O) groups excluding carboxylic acids is 2. The molecule has 0 aliphatic carbocycles. The predicted molar refractivity (Wildman–Crippen MR) is 88.6 cm³/mol. The normalized spacial score (nSPS) is 10.0. The Labute approximate surface area is 139 Å². The second kappa shape index (κ2) is 7.65. The standard InChI is InChI=1S/C17H16ClNO4/c1-11(20)12-7-8-14(16(9-12)22-2)19-17(21)10-23-15-6-4-3-5-13(15)18/h3-9H,10H2,1-2H3,(H,19,21). The number of hydrogen-bond acceptors (Lipinski definition) is 4. The van der Waals surface area contributed by atoms with E-state index in [1.807, 2.05) is 0 Å². The van der Waals surface area contributed by atoms with Gasteiger partial charge in [0.2, 0.25) is 0 Å². The third-order valence-electron chi connectivity index (χ3n) is 3.08. The van der Waals surface area contributed by atoms with Gasteiger partial charge >= 0.3 is 0 Å². The smallest absolute Gasteiger partial charge is 0.262 e. The molecule has 0 aliphatic rings. The first kappa shape index (κ1) is 16.8. The SMILES string of the molecule is COc1cc(C(C)=O)ccc1NC(=O)COc1ccccc1Cl. The molecule has 2 rings (SSSR count). The molecule has 0 radical (unpaired) electrons. The van der Waals surface area contributed by atoms with Crippen LogP contribution in [0.2, 0.25) is 5.02 Å². The lowest BCUT2D eigenvalue weighted by Gasteiger charge is -2.12. The maximum Gasteiger partial charge on any atom is 0.262 e. The van der Waals surface area contributed by atoms with E-state index in [9.17, 15) is 9.59 Å². The number of ether oxygens (including phenoxy) is 2. The second-order valence-corrected chi connectivity index (χ2v) is 5.15. The molecule has 0 fully saturated rings. The first-order valence-electron chi connectivity index (χ1n) is 6.87. The molecule has 2 aromatic carbocycles. The number of methoxy groups -OCH3 is 1. The molecule has 6 heteroatoms. The number of halogens is 1. The lowest BCUT2D eigenvalue weighted by Crippen LogP contribution is -2.20. The quantitative estimate of drug-likeness (QED) is 0.821. The highest BCUT2D eigenvalue weighted by atomic mass is 35.5. The molecule has 0 bridgehead atoms. The van der Waals surface area contributed by atoms with Gasteiger partial charge in [-0.1, -0.05) is 23.7 Å². The summed E-state index contributed by atoms with van der Waals surface area (Å²) >= 11 is 5.95. The van der Waals surface area contributed by atoms with Gasteiger partial charge in [-0.2, -0.15) is 0 Å². The maximum absolute atomic E-state index is 12.0. The van der Waals surface area contributed by atoms with Crippen molar-refractivity contribution in [1.82, 2.24) is 0 Å². The summed E-state index contributed by atoms with van der Waals surface area (Å²) in [5.41, 5.74) is 0.970. The number of nitrogens with one attached hydrogen (secondary N) is 1. The van der Waals surface area contributed by atoms with E-state index in [0.29, 0.717) is 27.8 Å². The van der Waals surface area contributed by atoms with E-state index in [2.05, 4.69) is 5.32 Å². The highest BCUT2D eigenvalue weighted by Gasteiger charge is 2.11. The molecule has 0 aliphatic heterocycles. The van der Waals surface area contributed by atoms with E-state index in [-0.39, 0.29) is 18.3 Å². The van der Waals surface area contributed by atoms with E-state index in [4.69, 9.17) is 21.1 Å². The Bertz CT molecular complexity index is 730. The van der Waals surface area contributed by atoms with Gasteiger partial charge in [0.05, 0.1) is 17.8 Å². The molecule has 0 spiro atoms. The molecule has 0 atom stereocenters. The summed E-state index contributed by atoms with van der Waals surface area (Å²) in [6, 6.07) is 11.7. The number of amides is 1. The molecular weight excluding hydrogens is 318 g/mol. The van der Waals surface area contributed by atoms with Crippen molar-refractivity contribution in [3.8, 4) is 11.5 Å². The number of hydrogen-bond donors (Lipinski definition) is 1. The molecule has 0 unspecified atom stereocenters. The summed E-state index contributed by atoms with van der Waals surface area (Å²) in [7, 11) is 1.47. The van der Waals surface area contributed by atoms with Gasteiger partial charge in [-0.3, -0.25) is 9.59 Å². The van der Waals surface area contributed by atoms with Crippen LogP contribution in [0.1, 0.15) is 17.3 Å². The molecule has 23 heavy (non-hydrogen) atoms. The molecule has 120 valence electrons. The average Bonchev–Trinajstić information content (AvgIpc) is 2.54. The van der Waals surface area contributed by atoms with Crippen molar-refractivity contribution in [2.24, 2.45) is 0 Å². The largest absolute Gasteiger partial charge is 0.495 e. The molecule has 0 heterocycles. The van der Waals surface area contributed by atoms with Gasteiger partial charge in [-0.05, 0) is 37.3 Å². The number of carbonyl (C=O) groups is 2. The number of ketones is 1. The third kappa shape index (κ3) is 4.47. The van der Waals surface area contributed by atoms with Crippen LogP contribution in [0.3, 0.4) is 0 Å². The highest BCUT2D eigenvalue weighted by molar-refractivity contribution is 6.32. The van der Waals surface area contributed by atoms with Crippen LogP contribution in [0.4, 0.5) is 5.69 Å². The number of rotatable bonds is 6. The van der Waals surface area contributed by atoms with Gasteiger partial charge in [0.1, 0.15) is 11.5 Å². The molecule has 0 aromatic heterocycles. The van der Waals surface area contributed by atoms with Gasteiger partial charge in [-0.15, -0.1) is 0 Å². The molecule has 1 amide bonds. The Hall–Kier alpha value is -2.53. The van der Waals surface area contributed by atoms with Crippen molar-refractivity contribution in [3.05, 3.63) is 53.1 Å². The Morgan fingerprint density at radius 1 is 1.13 bits per heavy atom. The van der Waals surface area contributed by atoms with Crippen LogP contribution >= 0.6 is 11.6 Å². The van der Waals surface area contributed by atoms with Gasteiger partial charge in [0, 0.05) is 5.56 Å². The summed E-state index contributed by atoms with van der Waals surface area (Å²) in [6.07, 6.45) is 0. The van der Waals surface area contributed by atoms with Crippen LogP contribution in [-0.2, 0) is 4.79 Å². The summed E-state index contributed by atoms with van der Waals surface area (Å²) in [5, 5.41) is 3.11. The molecule has 0 saturated carbocycles. The topological polar surface area (TPSA) is 64.6 Å². The number of Topliss-reactive ketones (excluding diaryl/α,β-unsaturated/α-hetero) is 1. The van der Waals surface area contributed by atoms with E-state index in [1.165, 1.54) is 14.0 Å². The van der Waals surface area contributed by atoms with Crippen molar-refractivity contribution in [1.29, 1.82) is 0 Å². The van der Waals surface area contributed by atoms with Crippen molar-refractivity contribution >= 4 is 29.0 Å². The second-order valence-electron chi connectivity index (χ2n) is 4.74. The number of benzene rings is 2. The fourth-order valence-corrected chi connectivity index (χ4v) is 2.10. The average molecular weight is 334 g/mol. The number of para-hydroxylation sites is 1. The monoisotopic (exact) mass is 333 g/mol. The highest BCUT2D eigenvalue weighted by Crippen LogP contribution is 2.26. The van der Waals surface area contributed by atoms with Crippen LogP contribution in [0.5, 0.6) is 11.5 Å². The summed E-state index contributed by atoms with van der Waals surface area (Å²) in [5.74, 6) is 0.397. The Balaban J connectivity index is 2.03. The zero-order valence-electron chi connectivity index (χ0n) is 12.8. The first-order valence-corrected chi connectivity index (χ1v) is 7.25. The zero-order valence-corrected chi connectivity index (χ0v) is 13.5. The fourth-order valence-electron chi connectivity index (χ4n) is 1.90. The molecular formula is C17H16ClNO4. The number of anilines is 1. The minimum absolute atomic E-state index is 0.0803. The van der Waals surface area contributed by atoms with Crippen LogP contribution in [0, 0.1) is 0 Å². The van der Waals surface area contributed by atoms with Crippen LogP contribution < -0.4 is 14.8 Å². The minimum atomic E-state index is -0.362. The fraction of sp³-hybridized carbons (Fsp3) is 0.176. The van der Waals surface area contributed by atoms with Gasteiger partial charge in [0.25, 0.3) is 5.91 Å². The molecule has 5 nitrogen and oxygen atoms in total. The molecule has 0 saturated heterocycles. The Kier molecular flexibility index (Phi) is 5.60. The summed E-state index contributed by atoms with van der Waals surface area (Å²) in [4.78, 5) is 23.3. The maximum atomic E-state index is 12.0. The van der Waals surface area contributed by atoms with E-state index < -0.39 is 0 Å². The van der Waals surface area contributed by atoms with Gasteiger partial charge in [0.15, 0.2) is 12.4 Å². The van der Waals surface area contributed by atoms with E-state index in [1.54, 1.807) is 42.5 Å². The van der Waals surface area contributed by atoms with E-state index >= 15 is 0 Å². The summed E-state index contributed by atoms with van der Waals surface area (Å²) in [6.45, 7) is 1.27. The van der Waals surface area contributed by atoms with Crippen molar-refractivity contribution in [3.63, 3.8) is 0 Å². The lowest BCUT2D eigenvalue weighted by molar-refractivity contribution is -0.118. The zero-order chi connectivity index (χ0) is 16.8. The van der Waals surface area contributed by atoms with Crippen LogP contribution in [0.15, 0.2) is 42.5 Å². The van der Waals surface area contributed by atoms with Crippen LogP contribution in [-0.4, -0.2) is 25.4 Å². The summed E-state index contributed by atoms with van der Waals surface area (Å²) < 4.78 is 10.6. The lowest BCUT2D eigenvalue weighted by atomic mass is 10.1. The third-order valence-corrected chi connectivity index (χ3v) is 3.39. The van der Waals surface area contributed by atoms with Crippen molar-refractivity contribution in [2.75, 3.05) is 19.0 Å². The molecule has 1 N–H and O–H groups in total. The van der Waals surface area contributed by atoms with Crippen LogP contribution in [0.25, 0.3) is 0 Å². The van der Waals surface area contributed by atoms with Gasteiger partial charge < -0.3 is 14.8 Å². The van der Waals surface area contributed by atoms with E-state index in [0.717, 1.165) is 0 Å². The Morgan fingerprint density at radius 3 is 2.52 bits per heavy atom. The first-order chi connectivity index (χ1) is 11.0. The van der Waals surface area contributed by atoms with Crippen molar-refractivity contribution in [2.45, 2.75) is 6.92 Å². The minimum Gasteiger partial charge on any atom is -0.495 e.